The van der Waals surface area contributed by atoms with Crippen LogP contribution in [0.3, 0.4) is 0 Å². The van der Waals surface area contributed by atoms with E-state index < -0.39 is 0 Å². The molecule has 0 radical (unpaired) electrons. The zero-order chi connectivity index (χ0) is 7.40. The average Bonchev–Trinajstić information content (AvgIpc) is 2.37. The SMILES string of the molecule is Cl.Cl.NCc1cnn(CCO)c1. The van der Waals surface area contributed by atoms with E-state index in [1.165, 1.54) is 0 Å². The lowest BCUT2D eigenvalue weighted by atomic mass is 10.4. The maximum absolute atomic E-state index is 8.51. The Kier molecular flexibility index (Phi) is 8.74. The summed E-state index contributed by atoms with van der Waals surface area (Å²) in [5.41, 5.74) is 6.34. The number of aromatic nitrogens is 2. The lowest BCUT2D eigenvalue weighted by molar-refractivity contribution is 0.269. The standard InChI is InChI=1S/C6H11N3O.2ClH/c7-3-6-4-8-9(5-6)1-2-10;;/h4-5,10H,1-3,7H2;2*1H. The first-order chi connectivity index (χ1) is 4.86. The van der Waals surface area contributed by atoms with Crippen molar-refractivity contribution < 1.29 is 5.11 Å². The molecule has 1 rings (SSSR count). The van der Waals surface area contributed by atoms with E-state index in [-0.39, 0.29) is 31.4 Å². The highest BCUT2D eigenvalue weighted by atomic mass is 35.5. The number of nitrogens with zero attached hydrogens (tertiary/aromatic N) is 2. The quantitative estimate of drug-likeness (QED) is 0.754. The van der Waals surface area contributed by atoms with Crippen molar-refractivity contribution >= 4 is 24.8 Å². The largest absolute Gasteiger partial charge is 0.394 e. The third-order valence-electron chi connectivity index (χ3n) is 1.25. The molecule has 1 heterocycles. The lowest BCUT2D eigenvalue weighted by Gasteiger charge is -1.93. The molecule has 0 amide bonds. The number of rotatable bonds is 3. The van der Waals surface area contributed by atoms with Crippen LogP contribution in [0, 0.1) is 0 Å². The molecule has 0 spiro atoms. The van der Waals surface area contributed by atoms with Gasteiger partial charge in [0.2, 0.25) is 0 Å². The summed E-state index contributed by atoms with van der Waals surface area (Å²) in [6.07, 6.45) is 3.53. The summed E-state index contributed by atoms with van der Waals surface area (Å²) in [5, 5.41) is 12.5. The molecule has 0 atom stereocenters. The van der Waals surface area contributed by atoms with Crippen molar-refractivity contribution in [3.63, 3.8) is 0 Å². The van der Waals surface area contributed by atoms with Crippen molar-refractivity contribution in [2.75, 3.05) is 6.61 Å². The number of aliphatic hydroxyl groups is 1. The average molecular weight is 214 g/mol. The molecule has 0 saturated carbocycles. The Morgan fingerprint density at radius 3 is 2.58 bits per heavy atom. The molecule has 0 fully saturated rings. The van der Waals surface area contributed by atoms with E-state index in [2.05, 4.69) is 5.10 Å². The molecule has 72 valence electrons. The predicted octanol–water partition coefficient (Wildman–Crippen LogP) is 0.178. The first-order valence-corrected chi connectivity index (χ1v) is 3.19. The van der Waals surface area contributed by atoms with Gasteiger partial charge in [-0.3, -0.25) is 4.68 Å². The fourth-order valence-electron chi connectivity index (χ4n) is 0.737. The summed E-state index contributed by atoms with van der Waals surface area (Å²) in [6, 6.07) is 0. The highest BCUT2D eigenvalue weighted by molar-refractivity contribution is 5.85. The van der Waals surface area contributed by atoms with Crippen molar-refractivity contribution in [1.29, 1.82) is 0 Å². The van der Waals surface area contributed by atoms with Gasteiger partial charge in [-0.1, -0.05) is 0 Å². The van der Waals surface area contributed by atoms with Crippen LogP contribution in [0.15, 0.2) is 12.4 Å². The van der Waals surface area contributed by atoms with E-state index in [1.54, 1.807) is 10.9 Å². The molecular formula is C6H13Cl2N3O. The number of hydrogen-bond acceptors (Lipinski definition) is 3. The van der Waals surface area contributed by atoms with Gasteiger partial charge in [0.1, 0.15) is 0 Å². The summed E-state index contributed by atoms with van der Waals surface area (Å²) in [7, 11) is 0. The van der Waals surface area contributed by atoms with Crippen LogP contribution < -0.4 is 5.73 Å². The van der Waals surface area contributed by atoms with E-state index in [4.69, 9.17) is 10.8 Å². The van der Waals surface area contributed by atoms with Crippen molar-refractivity contribution in [3.05, 3.63) is 18.0 Å². The van der Waals surface area contributed by atoms with Crippen molar-refractivity contribution in [2.24, 2.45) is 5.73 Å². The summed E-state index contributed by atoms with van der Waals surface area (Å²) in [6.45, 7) is 1.16. The van der Waals surface area contributed by atoms with Gasteiger partial charge in [-0.25, -0.2) is 0 Å². The minimum absolute atomic E-state index is 0. The lowest BCUT2D eigenvalue weighted by Crippen LogP contribution is -2.01. The summed E-state index contributed by atoms with van der Waals surface area (Å²) in [4.78, 5) is 0. The van der Waals surface area contributed by atoms with Gasteiger partial charge >= 0.3 is 0 Å². The molecule has 1 aromatic heterocycles. The molecule has 12 heavy (non-hydrogen) atoms. The number of nitrogens with two attached hydrogens (primary N) is 1. The fourth-order valence-corrected chi connectivity index (χ4v) is 0.737. The highest BCUT2D eigenvalue weighted by Crippen LogP contribution is 1.94. The molecule has 4 nitrogen and oxygen atoms in total. The topological polar surface area (TPSA) is 64.1 Å². The van der Waals surface area contributed by atoms with E-state index >= 15 is 0 Å². The molecule has 6 heteroatoms. The molecule has 0 aromatic carbocycles. The Bertz CT molecular complexity index is 204. The monoisotopic (exact) mass is 213 g/mol. The molecule has 0 aliphatic carbocycles. The van der Waals surface area contributed by atoms with Gasteiger partial charge in [-0.05, 0) is 0 Å². The third-order valence-corrected chi connectivity index (χ3v) is 1.25. The van der Waals surface area contributed by atoms with Crippen LogP contribution in [-0.2, 0) is 13.1 Å². The normalized spacial score (nSPS) is 8.50. The maximum Gasteiger partial charge on any atom is 0.0640 e. The van der Waals surface area contributed by atoms with Gasteiger partial charge in [0, 0.05) is 18.3 Å². The van der Waals surface area contributed by atoms with Crippen molar-refractivity contribution in [2.45, 2.75) is 13.1 Å². The number of hydrogen-bond donors (Lipinski definition) is 2. The van der Waals surface area contributed by atoms with Gasteiger partial charge in [0.15, 0.2) is 0 Å². The zero-order valence-electron chi connectivity index (χ0n) is 6.51. The van der Waals surface area contributed by atoms with Gasteiger partial charge < -0.3 is 10.8 Å². The van der Waals surface area contributed by atoms with Crippen LogP contribution >= 0.6 is 24.8 Å². The smallest absolute Gasteiger partial charge is 0.0640 e. The Balaban J connectivity index is 0. The second-order valence-corrected chi connectivity index (χ2v) is 2.04. The molecule has 3 N–H and O–H groups in total. The van der Waals surface area contributed by atoms with E-state index in [0.717, 1.165) is 5.56 Å². The van der Waals surface area contributed by atoms with Gasteiger partial charge in [-0.15, -0.1) is 24.8 Å². The Morgan fingerprint density at radius 2 is 2.17 bits per heavy atom. The maximum atomic E-state index is 8.51. The summed E-state index contributed by atoms with van der Waals surface area (Å²) in [5.74, 6) is 0. The first kappa shape index (κ1) is 14.2. The van der Waals surface area contributed by atoms with Crippen LogP contribution in [0.1, 0.15) is 5.56 Å². The van der Waals surface area contributed by atoms with Crippen LogP contribution in [0.2, 0.25) is 0 Å². The van der Waals surface area contributed by atoms with E-state index in [9.17, 15) is 0 Å². The Morgan fingerprint density at radius 1 is 1.50 bits per heavy atom. The number of halogens is 2. The summed E-state index contributed by atoms with van der Waals surface area (Å²) >= 11 is 0. The minimum atomic E-state index is 0. The van der Waals surface area contributed by atoms with Crippen molar-refractivity contribution in [1.82, 2.24) is 9.78 Å². The number of aliphatic hydroxyl groups excluding tert-OH is 1. The second kappa shape index (κ2) is 7.36. The first-order valence-electron chi connectivity index (χ1n) is 3.19. The van der Waals surface area contributed by atoms with Crippen molar-refractivity contribution in [3.8, 4) is 0 Å². The van der Waals surface area contributed by atoms with Crippen LogP contribution in [0.4, 0.5) is 0 Å². The molecule has 0 aliphatic heterocycles. The van der Waals surface area contributed by atoms with Crippen LogP contribution in [0.25, 0.3) is 0 Å². The molecule has 0 bridgehead atoms. The Hall–Kier alpha value is -0.290. The molecule has 0 saturated heterocycles. The van der Waals surface area contributed by atoms with E-state index in [1.807, 2.05) is 6.20 Å². The molecule has 1 aromatic rings. The summed E-state index contributed by atoms with van der Waals surface area (Å²) < 4.78 is 1.67. The van der Waals surface area contributed by atoms with Crippen LogP contribution in [0.5, 0.6) is 0 Å². The van der Waals surface area contributed by atoms with Gasteiger partial charge in [0.05, 0.1) is 19.3 Å². The molecule has 0 unspecified atom stereocenters. The fraction of sp³-hybridized carbons (Fsp3) is 0.500. The minimum Gasteiger partial charge on any atom is -0.394 e. The van der Waals surface area contributed by atoms with Crippen LogP contribution in [-0.4, -0.2) is 21.5 Å². The Labute approximate surface area is 83.6 Å². The van der Waals surface area contributed by atoms with E-state index in [0.29, 0.717) is 13.1 Å². The van der Waals surface area contributed by atoms with Gasteiger partial charge in [0.25, 0.3) is 0 Å². The predicted molar refractivity (Wildman–Crippen MR) is 51.7 cm³/mol. The second-order valence-electron chi connectivity index (χ2n) is 2.04. The highest BCUT2D eigenvalue weighted by Gasteiger charge is 1.93. The third kappa shape index (κ3) is 3.92. The van der Waals surface area contributed by atoms with Gasteiger partial charge in [-0.2, -0.15) is 5.10 Å². The molecular weight excluding hydrogens is 201 g/mol. The zero-order valence-corrected chi connectivity index (χ0v) is 8.14. The molecule has 0 aliphatic rings.